The zero-order valence-corrected chi connectivity index (χ0v) is 29.1. The van der Waals surface area contributed by atoms with E-state index in [-0.39, 0.29) is 24.4 Å². The molecule has 12 unspecified atom stereocenters. The lowest BCUT2D eigenvalue weighted by atomic mass is 9.83. The van der Waals surface area contributed by atoms with E-state index in [4.69, 9.17) is 18.9 Å². The van der Waals surface area contributed by atoms with Gasteiger partial charge in [0.15, 0.2) is 22.9 Å². The van der Waals surface area contributed by atoms with Crippen LogP contribution in [0.25, 0.3) is 0 Å². The monoisotopic (exact) mass is 654 g/mol. The second kappa shape index (κ2) is 12.2. The van der Waals surface area contributed by atoms with E-state index in [0.29, 0.717) is 32.1 Å². The highest BCUT2D eigenvalue weighted by molar-refractivity contribution is 5.56. The van der Waals surface area contributed by atoms with Crippen molar-refractivity contribution < 1.29 is 39.4 Å². The van der Waals surface area contributed by atoms with Crippen LogP contribution in [0.2, 0.25) is 0 Å². The molecule has 4 N–H and O–H groups in total. The topological polar surface area (TPSA) is 124 Å². The molecule has 0 radical (unpaired) electrons. The normalized spacial score (nSPS) is 38.9. The second-order valence-electron chi connectivity index (χ2n) is 14.8. The quantitative estimate of drug-likeness (QED) is 0.261. The van der Waals surface area contributed by atoms with Gasteiger partial charge in [-0.15, -0.1) is 0 Å². The molecular weight excluding hydrogens is 600 g/mol. The molecule has 0 bridgehead atoms. The van der Waals surface area contributed by atoms with Gasteiger partial charge in [-0.25, -0.2) is 0 Å². The Hall–Kier alpha value is -2.28. The van der Waals surface area contributed by atoms with Crippen LogP contribution in [-0.4, -0.2) is 92.2 Å². The van der Waals surface area contributed by atoms with Crippen LogP contribution in [-0.2, 0) is 25.4 Å². The molecule has 4 fully saturated rings. The predicted molar refractivity (Wildman–Crippen MR) is 179 cm³/mol. The molecule has 2 aromatic rings. The zero-order valence-electron chi connectivity index (χ0n) is 29.1. The van der Waals surface area contributed by atoms with Gasteiger partial charge in [0.2, 0.25) is 0 Å². The SMILES string of the molecule is CC1CC(C(C)O)(N(c2ccc(Cc3ccc(N(C4(C(C)O)CC(C)O4)C4(C(C)O)CC(C)O4)cc3)cc2)C2(C(C)O)CC(C)O2)O1. The third kappa shape index (κ3) is 5.49. The Balaban J connectivity index is 1.27. The number of aliphatic hydroxyl groups excluding tert-OH is 4. The summed E-state index contributed by atoms with van der Waals surface area (Å²) in [4.78, 5) is 3.95. The van der Waals surface area contributed by atoms with E-state index >= 15 is 0 Å². The van der Waals surface area contributed by atoms with E-state index in [2.05, 4.69) is 24.3 Å². The summed E-state index contributed by atoms with van der Waals surface area (Å²) in [5, 5.41) is 44.0. The molecule has 4 aliphatic rings. The highest BCUT2D eigenvalue weighted by Crippen LogP contribution is 2.53. The van der Waals surface area contributed by atoms with E-state index in [1.54, 1.807) is 27.7 Å². The molecule has 0 amide bonds. The smallest absolute Gasteiger partial charge is 0.172 e. The molecule has 47 heavy (non-hydrogen) atoms. The van der Waals surface area contributed by atoms with Crippen LogP contribution in [0.1, 0.15) is 92.2 Å². The molecule has 4 saturated heterocycles. The van der Waals surface area contributed by atoms with Gasteiger partial charge in [0.05, 0.1) is 48.8 Å². The Morgan fingerprint density at radius 3 is 0.894 bits per heavy atom. The molecular formula is C37H54N2O8. The van der Waals surface area contributed by atoms with Gasteiger partial charge in [0, 0.05) is 37.1 Å². The highest BCUT2D eigenvalue weighted by Gasteiger charge is 2.65. The minimum atomic E-state index is -1.00. The largest absolute Gasteiger partial charge is 0.388 e. The first kappa shape index (κ1) is 34.6. The van der Waals surface area contributed by atoms with Crippen molar-refractivity contribution in [3.05, 3.63) is 59.7 Å². The van der Waals surface area contributed by atoms with Gasteiger partial charge in [-0.2, -0.15) is 0 Å². The molecule has 10 heteroatoms. The van der Waals surface area contributed by atoms with Gasteiger partial charge in [-0.3, -0.25) is 0 Å². The maximum absolute atomic E-state index is 11.0. The second-order valence-corrected chi connectivity index (χ2v) is 14.8. The van der Waals surface area contributed by atoms with Crippen LogP contribution < -0.4 is 9.80 Å². The maximum Gasteiger partial charge on any atom is 0.172 e. The highest BCUT2D eigenvalue weighted by atomic mass is 16.6. The van der Waals surface area contributed by atoms with Crippen molar-refractivity contribution in [2.75, 3.05) is 9.80 Å². The Bertz CT molecular complexity index is 1200. The molecule has 0 aliphatic carbocycles. The standard InChI is InChI=1S/C37H54N2O8/c1-22-18-34(44-22,26(5)40)38(35(27(6)41)19-23(2)45-35)32-13-9-30(10-14-32)17-31-11-15-33(16-12-31)39(36(28(7)42)20-24(3)46-36)37(29(8)43)21-25(4)47-37/h9-16,22-29,40-43H,17-21H2,1-8H3. The van der Waals surface area contributed by atoms with Gasteiger partial charge in [-0.1, -0.05) is 24.3 Å². The number of benzene rings is 2. The Morgan fingerprint density at radius 1 is 0.511 bits per heavy atom. The van der Waals surface area contributed by atoms with Crippen LogP contribution in [0.15, 0.2) is 48.5 Å². The Labute approximate surface area is 279 Å². The van der Waals surface area contributed by atoms with Crippen molar-refractivity contribution in [3.8, 4) is 0 Å². The molecule has 12 atom stereocenters. The molecule has 4 heterocycles. The van der Waals surface area contributed by atoms with Crippen molar-refractivity contribution in [1.82, 2.24) is 0 Å². The average Bonchev–Trinajstić information content (AvgIpc) is 2.93. The van der Waals surface area contributed by atoms with Crippen molar-refractivity contribution in [1.29, 1.82) is 0 Å². The van der Waals surface area contributed by atoms with Crippen molar-refractivity contribution in [2.24, 2.45) is 0 Å². The Morgan fingerprint density at radius 2 is 0.723 bits per heavy atom. The molecule has 0 aromatic heterocycles. The minimum Gasteiger partial charge on any atom is -0.388 e. The molecule has 0 saturated carbocycles. The first-order valence-electron chi connectivity index (χ1n) is 17.3. The number of aliphatic hydroxyl groups is 4. The van der Waals surface area contributed by atoms with Gasteiger partial charge in [-0.05, 0) is 97.2 Å². The number of nitrogens with zero attached hydrogens (tertiary/aromatic N) is 2. The first-order chi connectivity index (χ1) is 22.1. The summed E-state index contributed by atoms with van der Waals surface area (Å²) in [5.41, 5.74) is -0.197. The van der Waals surface area contributed by atoms with Crippen molar-refractivity contribution >= 4 is 11.4 Å². The minimum absolute atomic E-state index is 0.0155. The molecule has 6 rings (SSSR count). The maximum atomic E-state index is 11.0. The summed E-state index contributed by atoms with van der Waals surface area (Å²) < 4.78 is 25.1. The molecule has 2 aromatic carbocycles. The van der Waals surface area contributed by atoms with E-state index in [1.807, 2.05) is 61.8 Å². The summed E-state index contributed by atoms with van der Waals surface area (Å²) in [5.74, 6) is 0. The van der Waals surface area contributed by atoms with E-state index < -0.39 is 47.3 Å². The van der Waals surface area contributed by atoms with E-state index in [1.165, 1.54) is 0 Å². The molecule has 260 valence electrons. The van der Waals surface area contributed by atoms with Gasteiger partial charge < -0.3 is 49.2 Å². The number of rotatable bonds is 12. The van der Waals surface area contributed by atoms with E-state index in [0.717, 1.165) is 22.5 Å². The summed E-state index contributed by atoms with van der Waals surface area (Å²) in [7, 11) is 0. The number of hydrogen-bond donors (Lipinski definition) is 4. The Kier molecular flexibility index (Phi) is 9.01. The summed E-state index contributed by atoms with van der Waals surface area (Å²) >= 11 is 0. The third-order valence-corrected chi connectivity index (χ3v) is 10.9. The lowest BCUT2D eigenvalue weighted by Gasteiger charge is -2.65. The number of hydrogen-bond acceptors (Lipinski definition) is 10. The summed E-state index contributed by atoms with van der Waals surface area (Å²) in [6, 6.07) is 16.3. The fourth-order valence-electron chi connectivity index (χ4n) is 8.68. The van der Waals surface area contributed by atoms with Gasteiger partial charge >= 0.3 is 0 Å². The summed E-state index contributed by atoms with van der Waals surface area (Å²) in [6.45, 7) is 14.9. The lowest BCUT2D eigenvalue weighted by Crippen LogP contribution is -2.79. The van der Waals surface area contributed by atoms with Crippen LogP contribution >= 0.6 is 0 Å². The van der Waals surface area contributed by atoms with Crippen LogP contribution in [0.5, 0.6) is 0 Å². The molecule has 10 nitrogen and oxygen atoms in total. The zero-order chi connectivity index (χ0) is 34.1. The van der Waals surface area contributed by atoms with Crippen molar-refractivity contribution in [2.45, 2.75) is 159 Å². The number of ether oxygens (including phenoxy) is 4. The summed E-state index contributed by atoms with van der Waals surface area (Å²) in [6.07, 6.45) is -0.174. The van der Waals surface area contributed by atoms with Crippen molar-refractivity contribution in [3.63, 3.8) is 0 Å². The predicted octanol–water partition coefficient (Wildman–Crippen LogP) is 4.43. The lowest BCUT2D eigenvalue weighted by molar-refractivity contribution is -0.307. The van der Waals surface area contributed by atoms with Crippen LogP contribution in [0.4, 0.5) is 11.4 Å². The number of anilines is 2. The first-order valence-corrected chi connectivity index (χ1v) is 17.3. The molecule has 4 aliphatic heterocycles. The molecule has 0 spiro atoms. The van der Waals surface area contributed by atoms with Crippen LogP contribution in [0, 0.1) is 0 Å². The van der Waals surface area contributed by atoms with Gasteiger partial charge in [0.25, 0.3) is 0 Å². The van der Waals surface area contributed by atoms with Crippen LogP contribution in [0.3, 0.4) is 0 Å². The average molecular weight is 655 g/mol. The van der Waals surface area contributed by atoms with E-state index in [9.17, 15) is 20.4 Å². The fraction of sp³-hybridized carbons (Fsp3) is 0.676. The fourth-order valence-corrected chi connectivity index (χ4v) is 8.68. The van der Waals surface area contributed by atoms with Gasteiger partial charge in [0.1, 0.15) is 0 Å². The third-order valence-electron chi connectivity index (χ3n) is 10.9.